The van der Waals surface area contributed by atoms with Gasteiger partial charge in [0.1, 0.15) is 0 Å². The summed E-state index contributed by atoms with van der Waals surface area (Å²) in [5.41, 5.74) is 8.02. The zero-order valence-electron chi connectivity index (χ0n) is 11.1. The molecule has 18 heavy (non-hydrogen) atoms. The Kier molecular flexibility index (Phi) is 5.12. The number of hydrogen-bond donors (Lipinski definition) is 3. The second kappa shape index (κ2) is 6.37. The lowest BCUT2D eigenvalue weighted by Crippen LogP contribution is -2.38. The summed E-state index contributed by atoms with van der Waals surface area (Å²) < 4.78 is 0. The predicted molar refractivity (Wildman–Crippen MR) is 73.4 cm³/mol. The molecule has 1 rings (SSSR count). The molecule has 0 aromatic heterocycles. The van der Waals surface area contributed by atoms with E-state index in [-0.39, 0.29) is 25.1 Å². The molecular formula is C13H21N3O2. The number of hydrogen-bond acceptors (Lipinski definition) is 4. The highest BCUT2D eigenvalue weighted by atomic mass is 16.3. The summed E-state index contributed by atoms with van der Waals surface area (Å²) in [6.07, 6.45) is 0. The lowest BCUT2D eigenvalue weighted by molar-refractivity contribution is -0.117. The number of aliphatic hydroxyl groups excluding tert-OH is 1. The zero-order valence-corrected chi connectivity index (χ0v) is 11.1. The van der Waals surface area contributed by atoms with E-state index < -0.39 is 0 Å². The van der Waals surface area contributed by atoms with E-state index in [0.29, 0.717) is 5.69 Å². The van der Waals surface area contributed by atoms with Crippen LogP contribution in [0.1, 0.15) is 12.5 Å². The van der Waals surface area contributed by atoms with Gasteiger partial charge in [-0.2, -0.15) is 0 Å². The smallest absolute Gasteiger partial charge is 0.238 e. The minimum Gasteiger partial charge on any atom is -0.399 e. The van der Waals surface area contributed by atoms with Crippen molar-refractivity contribution in [1.82, 2.24) is 4.90 Å². The third-order valence-corrected chi connectivity index (χ3v) is 2.93. The lowest BCUT2D eigenvalue weighted by atomic mass is 10.2. The largest absolute Gasteiger partial charge is 0.399 e. The molecule has 4 N–H and O–H groups in total. The first-order valence-electron chi connectivity index (χ1n) is 5.91. The van der Waals surface area contributed by atoms with Gasteiger partial charge in [0.15, 0.2) is 0 Å². The Morgan fingerprint density at radius 3 is 2.78 bits per heavy atom. The summed E-state index contributed by atoms with van der Waals surface area (Å²) in [7, 11) is 1.80. The average molecular weight is 251 g/mol. The van der Waals surface area contributed by atoms with Crippen LogP contribution in [0.4, 0.5) is 11.4 Å². The highest BCUT2D eigenvalue weighted by Crippen LogP contribution is 2.17. The van der Waals surface area contributed by atoms with Crippen molar-refractivity contribution >= 4 is 17.3 Å². The number of rotatable bonds is 5. The number of aryl methyl sites for hydroxylation is 1. The minimum absolute atomic E-state index is 0.0324. The van der Waals surface area contributed by atoms with Gasteiger partial charge in [0.25, 0.3) is 0 Å². The van der Waals surface area contributed by atoms with Crippen LogP contribution in [0.3, 0.4) is 0 Å². The first-order valence-corrected chi connectivity index (χ1v) is 5.91. The van der Waals surface area contributed by atoms with Crippen molar-refractivity contribution in [2.24, 2.45) is 0 Å². The zero-order chi connectivity index (χ0) is 13.7. The summed E-state index contributed by atoms with van der Waals surface area (Å²) in [5, 5.41) is 11.8. The predicted octanol–water partition coefficient (Wildman–Crippen LogP) is 0.828. The van der Waals surface area contributed by atoms with Gasteiger partial charge in [0.2, 0.25) is 5.91 Å². The van der Waals surface area contributed by atoms with Crippen molar-refractivity contribution in [3.8, 4) is 0 Å². The molecule has 0 saturated heterocycles. The molecule has 0 fully saturated rings. The van der Waals surface area contributed by atoms with Crippen molar-refractivity contribution in [3.63, 3.8) is 0 Å². The van der Waals surface area contributed by atoms with Crippen LogP contribution in [0.5, 0.6) is 0 Å². The van der Waals surface area contributed by atoms with Crippen LogP contribution >= 0.6 is 0 Å². The molecule has 100 valence electrons. The van der Waals surface area contributed by atoms with E-state index in [1.807, 2.05) is 19.9 Å². The van der Waals surface area contributed by atoms with E-state index in [2.05, 4.69) is 5.32 Å². The molecule has 1 atom stereocenters. The maximum Gasteiger partial charge on any atom is 0.238 e. The quantitative estimate of drug-likeness (QED) is 0.677. The molecular weight excluding hydrogens is 230 g/mol. The van der Waals surface area contributed by atoms with Crippen LogP contribution in [-0.2, 0) is 4.79 Å². The maximum absolute atomic E-state index is 11.8. The highest BCUT2D eigenvalue weighted by Gasteiger charge is 2.12. The molecule has 1 aromatic rings. The summed E-state index contributed by atoms with van der Waals surface area (Å²) in [4.78, 5) is 13.6. The standard InChI is InChI=1S/C13H21N3O2/c1-9-6-11(14)4-5-12(9)15-13(18)7-16(3)10(2)8-17/h4-6,10,17H,7-8,14H2,1-3H3,(H,15,18). The van der Waals surface area contributed by atoms with Gasteiger partial charge < -0.3 is 16.2 Å². The molecule has 0 saturated carbocycles. The van der Waals surface area contributed by atoms with Gasteiger partial charge in [0.05, 0.1) is 13.2 Å². The van der Waals surface area contributed by atoms with Gasteiger partial charge in [-0.25, -0.2) is 0 Å². The maximum atomic E-state index is 11.8. The SMILES string of the molecule is Cc1cc(N)ccc1NC(=O)CN(C)C(C)CO. The fourth-order valence-corrected chi connectivity index (χ4v) is 1.54. The molecule has 0 heterocycles. The molecule has 1 amide bonds. The van der Waals surface area contributed by atoms with Gasteiger partial charge in [-0.1, -0.05) is 0 Å². The van der Waals surface area contributed by atoms with Gasteiger partial charge >= 0.3 is 0 Å². The third-order valence-electron chi connectivity index (χ3n) is 2.93. The number of nitrogens with one attached hydrogen (secondary N) is 1. The molecule has 0 bridgehead atoms. The number of nitrogens with zero attached hydrogens (tertiary/aromatic N) is 1. The number of carbonyl (C=O) groups excluding carboxylic acids is 1. The van der Waals surface area contributed by atoms with Crippen molar-refractivity contribution < 1.29 is 9.90 Å². The van der Waals surface area contributed by atoms with Gasteiger partial charge in [-0.15, -0.1) is 0 Å². The topological polar surface area (TPSA) is 78.6 Å². The number of anilines is 2. The number of likely N-dealkylation sites (N-methyl/N-ethyl adjacent to an activating group) is 1. The Morgan fingerprint density at radius 2 is 2.22 bits per heavy atom. The van der Waals surface area contributed by atoms with E-state index in [1.165, 1.54) is 0 Å². The summed E-state index contributed by atoms with van der Waals surface area (Å²) in [5.74, 6) is -0.106. The minimum atomic E-state index is -0.106. The number of benzene rings is 1. The van der Waals surface area contributed by atoms with Crippen molar-refractivity contribution in [3.05, 3.63) is 23.8 Å². The Balaban J connectivity index is 2.59. The molecule has 5 heteroatoms. The Bertz CT molecular complexity index is 421. The van der Waals surface area contributed by atoms with Crippen molar-refractivity contribution in [1.29, 1.82) is 0 Å². The highest BCUT2D eigenvalue weighted by molar-refractivity contribution is 5.93. The molecule has 1 unspecified atom stereocenters. The Labute approximate surface area is 108 Å². The van der Waals surface area contributed by atoms with E-state index in [0.717, 1.165) is 11.3 Å². The van der Waals surface area contributed by atoms with Gasteiger partial charge in [0, 0.05) is 17.4 Å². The number of carbonyl (C=O) groups is 1. The molecule has 0 spiro atoms. The van der Waals surface area contributed by atoms with Gasteiger partial charge in [-0.3, -0.25) is 9.69 Å². The summed E-state index contributed by atoms with van der Waals surface area (Å²) in [6, 6.07) is 5.32. The summed E-state index contributed by atoms with van der Waals surface area (Å²) in [6.45, 7) is 4.03. The van der Waals surface area contributed by atoms with E-state index in [9.17, 15) is 4.79 Å². The van der Waals surface area contributed by atoms with Crippen LogP contribution in [0.15, 0.2) is 18.2 Å². The van der Waals surface area contributed by atoms with E-state index >= 15 is 0 Å². The molecule has 0 radical (unpaired) electrons. The van der Waals surface area contributed by atoms with Crippen LogP contribution in [0.2, 0.25) is 0 Å². The Hall–Kier alpha value is -1.59. The fourth-order valence-electron chi connectivity index (χ4n) is 1.54. The molecule has 0 aliphatic carbocycles. The average Bonchev–Trinajstić information content (AvgIpc) is 2.31. The number of amides is 1. The summed E-state index contributed by atoms with van der Waals surface area (Å²) >= 11 is 0. The molecule has 0 aliphatic heterocycles. The van der Waals surface area contributed by atoms with Crippen molar-refractivity contribution in [2.45, 2.75) is 19.9 Å². The second-order valence-electron chi connectivity index (χ2n) is 4.57. The monoisotopic (exact) mass is 251 g/mol. The second-order valence-corrected chi connectivity index (χ2v) is 4.57. The van der Waals surface area contributed by atoms with E-state index in [1.54, 1.807) is 24.1 Å². The lowest BCUT2D eigenvalue weighted by Gasteiger charge is -2.22. The van der Waals surface area contributed by atoms with Crippen LogP contribution in [0.25, 0.3) is 0 Å². The van der Waals surface area contributed by atoms with Crippen LogP contribution in [-0.4, -0.2) is 42.2 Å². The first-order chi connectivity index (χ1) is 8.43. The number of nitrogen functional groups attached to an aromatic ring is 1. The third kappa shape index (κ3) is 4.01. The first kappa shape index (κ1) is 14.5. The van der Waals surface area contributed by atoms with Crippen LogP contribution in [0, 0.1) is 6.92 Å². The van der Waals surface area contributed by atoms with Crippen molar-refractivity contribution in [2.75, 3.05) is 31.2 Å². The number of aliphatic hydroxyl groups is 1. The molecule has 5 nitrogen and oxygen atoms in total. The molecule has 1 aromatic carbocycles. The fraction of sp³-hybridized carbons (Fsp3) is 0.462. The molecule has 0 aliphatic rings. The van der Waals surface area contributed by atoms with E-state index in [4.69, 9.17) is 10.8 Å². The number of nitrogens with two attached hydrogens (primary N) is 1. The van der Waals surface area contributed by atoms with Crippen LogP contribution < -0.4 is 11.1 Å². The van der Waals surface area contributed by atoms with Gasteiger partial charge in [-0.05, 0) is 44.7 Å². The normalized spacial score (nSPS) is 12.5. The Morgan fingerprint density at radius 1 is 1.56 bits per heavy atom.